The van der Waals surface area contributed by atoms with E-state index < -0.39 is 10.0 Å². The van der Waals surface area contributed by atoms with E-state index in [1.165, 1.54) is 0 Å². The van der Waals surface area contributed by atoms with Gasteiger partial charge < -0.3 is 9.73 Å². The molecule has 2 heterocycles. The van der Waals surface area contributed by atoms with Crippen LogP contribution in [0.1, 0.15) is 41.9 Å². The van der Waals surface area contributed by atoms with Crippen molar-refractivity contribution in [2.75, 3.05) is 19.6 Å². The molecule has 2 atom stereocenters. The fraction of sp³-hybridized carbons (Fsp3) is 0.400. The van der Waals surface area contributed by atoms with Crippen LogP contribution in [0.15, 0.2) is 57.8 Å². The number of nitrogens with zero attached hydrogens (tertiary/aromatic N) is 1. The summed E-state index contributed by atoms with van der Waals surface area (Å²) in [7, 11) is -3.60. The molecule has 7 heteroatoms. The number of piperidine rings is 1. The van der Waals surface area contributed by atoms with E-state index in [0.29, 0.717) is 48.0 Å². The summed E-state index contributed by atoms with van der Waals surface area (Å²) in [6.45, 7) is 7.52. The van der Waals surface area contributed by atoms with Crippen molar-refractivity contribution in [3.05, 3.63) is 65.4 Å². The number of carbonyl (C=O) groups is 1. The molecule has 1 aromatic heterocycles. The smallest absolute Gasteiger partial charge is 0.287 e. The second kappa shape index (κ2) is 9.08. The van der Waals surface area contributed by atoms with Crippen molar-refractivity contribution in [3.63, 3.8) is 0 Å². The summed E-state index contributed by atoms with van der Waals surface area (Å²) in [4.78, 5) is 12.9. The maximum Gasteiger partial charge on any atom is 0.287 e. The number of sulfonamides is 1. The van der Waals surface area contributed by atoms with Crippen molar-refractivity contribution < 1.29 is 17.6 Å². The molecule has 1 amide bonds. The monoisotopic (exact) mass is 454 g/mol. The van der Waals surface area contributed by atoms with Gasteiger partial charge in [-0.05, 0) is 55.4 Å². The molecule has 3 aromatic rings. The first-order valence-corrected chi connectivity index (χ1v) is 12.5. The van der Waals surface area contributed by atoms with Gasteiger partial charge in [-0.1, -0.05) is 44.2 Å². The summed E-state index contributed by atoms with van der Waals surface area (Å²) in [6.07, 6.45) is 1.76. The molecule has 170 valence electrons. The third kappa shape index (κ3) is 4.59. The van der Waals surface area contributed by atoms with E-state index in [4.69, 9.17) is 4.42 Å². The predicted octanol–water partition coefficient (Wildman–Crippen LogP) is 4.38. The van der Waals surface area contributed by atoms with Crippen LogP contribution in [0.5, 0.6) is 0 Å². The van der Waals surface area contributed by atoms with Crippen molar-refractivity contribution in [1.82, 2.24) is 9.62 Å². The Morgan fingerprint density at radius 1 is 1.09 bits per heavy atom. The number of amides is 1. The average molecular weight is 455 g/mol. The number of benzene rings is 2. The van der Waals surface area contributed by atoms with Gasteiger partial charge in [-0.2, -0.15) is 4.31 Å². The molecule has 0 saturated carbocycles. The fourth-order valence-electron chi connectivity index (χ4n) is 4.57. The highest BCUT2D eigenvalue weighted by molar-refractivity contribution is 7.89. The van der Waals surface area contributed by atoms with Crippen molar-refractivity contribution >= 4 is 26.9 Å². The van der Waals surface area contributed by atoms with Crippen LogP contribution in [0.3, 0.4) is 0 Å². The van der Waals surface area contributed by atoms with E-state index in [9.17, 15) is 13.2 Å². The zero-order valence-corrected chi connectivity index (χ0v) is 19.6. The number of rotatable bonds is 6. The van der Waals surface area contributed by atoms with Crippen molar-refractivity contribution in [2.45, 2.75) is 38.5 Å². The van der Waals surface area contributed by atoms with Gasteiger partial charge in [0.15, 0.2) is 5.76 Å². The summed E-state index contributed by atoms with van der Waals surface area (Å²) >= 11 is 0. The number of hydrogen-bond acceptors (Lipinski definition) is 4. The van der Waals surface area contributed by atoms with Crippen LogP contribution in [0.4, 0.5) is 0 Å². The number of hydrogen-bond donors (Lipinski definition) is 1. The highest BCUT2D eigenvalue weighted by atomic mass is 32.2. The Morgan fingerprint density at radius 3 is 2.47 bits per heavy atom. The fourth-order valence-corrected chi connectivity index (χ4v) is 6.28. The Balaban J connectivity index is 1.53. The van der Waals surface area contributed by atoms with Gasteiger partial charge in [0, 0.05) is 30.6 Å². The lowest BCUT2D eigenvalue weighted by Gasteiger charge is -2.34. The Morgan fingerprint density at radius 2 is 1.78 bits per heavy atom. The molecule has 1 saturated heterocycles. The van der Waals surface area contributed by atoms with Crippen molar-refractivity contribution in [2.24, 2.45) is 11.8 Å². The Kier molecular flexibility index (Phi) is 6.40. The lowest BCUT2D eigenvalue weighted by atomic mass is 9.94. The quantitative estimate of drug-likeness (QED) is 0.599. The molecule has 0 radical (unpaired) electrons. The van der Waals surface area contributed by atoms with E-state index in [1.54, 1.807) is 29.4 Å². The molecular weight excluding hydrogens is 424 g/mol. The molecule has 1 aliphatic heterocycles. The molecule has 0 spiro atoms. The topological polar surface area (TPSA) is 79.6 Å². The van der Waals surface area contributed by atoms with Crippen molar-refractivity contribution in [1.29, 1.82) is 0 Å². The molecule has 1 N–H and O–H groups in total. The minimum atomic E-state index is -3.60. The van der Waals surface area contributed by atoms with Crippen LogP contribution in [0, 0.1) is 18.8 Å². The Labute approximate surface area is 189 Å². The van der Waals surface area contributed by atoms with Gasteiger partial charge in [0.1, 0.15) is 5.58 Å². The summed E-state index contributed by atoms with van der Waals surface area (Å²) in [5, 5.41) is 3.55. The molecule has 1 fully saturated rings. The standard InChI is InChI=1S/C25H30N2O4S/c1-17-13-18(2)16-27(15-17)32(29,30)21-9-10-23-22(14-21)19(3)24(31-23)25(28)26-12-11-20-7-5-4-6-8-20/h4-10,14,17-18H,11-13,15-16H2,1-3H3,(H,26,28)/t17-,18-/m0/s1. The third-order valence-electron chi connectivity index (χ3n) is 6.13. The number of nitrogens with one attached hydrogen (secondary N) is 1. The summed E-state index contributed by atoms with van der Waals surface area (Å²) in [6, 6.07) is 14.8. The van der Waals surface area contributed by atoms with Crippen LogP contribution in [0.2, 0.25) is 0 Å². The highest BCUT2D eigenvalue weighted by Crippen LogP contribution is 2.31. The number of aryl methyl sites for hydroxylation is 1. The zero-order chi connectivity index (χ0) is 22.9. The SMILES string of the molecule is Cc1c(C(=O)NCCc2ccccc2)oc2ccc(S(=O)(=O)N3C[C@@H](C)C[C@H](C)C3)cc12. The second-order valence-electron chi connectivity index (χ2n) is 8.97. The number of furan rings is 1. The lowest BCUT2D eigenvalue weighted by Crippen LogP contribution is -2.42. The number of carbonyl (C=O) groups excluding carboxylic acids is 1. The van der Waals surface area contributed by atoms with E-state index in [0.717, 1.165) is 18.4 Å². The summed E-state index contributed by atoms with van der Waals surface area (Å²) in [5.41, 5.74) is 2.30. The molecule has 4 rings (SSSR count). The van der Waals surface area contributed by atoms with Crippen LogP contribution < -0.4 is 5.32 Å². The Hall–Kier alpha value is -2.64. The van der Waals surface area contributed by atoms with Gasteiger partial charge in [-0.25, -0.2) is 8.42 Å². The third-order valence-corrected chi connectivity index (χ3v) is 7.96. The Bertz CT molecular complexity index is 1210. The molecule has 6 nitrogen and oxygen atoms in total. The largest absolute Gasteiger partial charge is 0.451 e. The minimum absolute atomic E-state index is 0.225. The van der Waals surface area contributed by atoms with Gasteiger partial charge in [0.05, 0.1) is 4.90 Å². The van der Waals surface area contributed by atoms with E-state index in [-0.39, 0.29) is 16.6 Å². The summed E-state index contributed by atoms with van der Waals surface area (Å²) in [5.74, 6) is 0.596. The lowest BCUT2D eigenvalue weighted by molar-refractivity contribution is 0.0927. The van der Waals surface area contributed by atoms with E-state index in [1.807, 2.05) is 30.3 Å². The maximum atomic E-state index is 13.3. The average Bonchev–Trinajstić information content (AvgIpc) is 3.10. The highest BCUT2D eigenvalue weighted by Gasteiger charge is 2.32. The van der Waals surface area contributed by atoms with Crippen LogP contribution in [0.25, 0.3) is 11.0 Å². The van der Waals surface area contributed by atoms with Gasteiger partial charge in [-0.15, -0.1) is 0 Å². The van der Waals surface area contributed by atoms with Gasteiger partial charge in [-0.3, -0.25) is 4.79 Å². The molecule has 32 heavy (non-hydrogen) atoms. The second-order valence-corrected chi connectivity index (χ2v) is 10.9. The molecule has 0 bridgehead atoms. The van der Waals surface area contributed by atoms with Crippen LogP contribution in [-0.4, -0.2) is 38.3 Å². The van der Waals surface area contributed by atoms with Crippen LogP contribution in [-0.2, 0) is 16.4 Å². The first kappa shape index (κ1) is 22.6. The first-order valence-electron chi connectivity index (χ1n) is 11.1. The zero-order valence-electron chi connectivity index (χ0n) is 18.8. The molecule has 0 unspecified atom stereocenters. The normalized spacial score (nSPS) is 19.8. The summed E-state index contributed by atoms with van der Waals surface area (Å²) < 4.78 is 33.9. The van der Waals surface area contributed by atoms with E-state index in [2.05, 4.69) is 19.2 Å². The van der Waals surface area contributed by atoms with Gasteiger partial charge >= 0.3 is 0 Å². The molecule has 2 aromatic carbocycles. The van der Waals surface area contributed by atoms with Gasteiger partial charge in [0.2, 0.25) is 10.0 Å². The van der Waals surface area contributed by atoms with E-state index >= 15 is 0 Å². The molecular formula is C25H30N2O4S. The number of fused-ring (bicyclic) bond motifs is 1. The van der Waals surface area contributed by atoms with Crippen molar-refractivity contribution in [3.8, 4) is 0 Å². The minimum Gasteiger partial charge on any atom is -0.451 e. The predicted molar refractivity (Wildman–Crippen MR) is 125 cm³/mol. The molecule has 1 aliphatic rings. The van der Waals surface area contributed by atoms with Crippen LogP contribution >= 0.6 is 0 Å². The molecule has 0 aliphatic carbocycles. The maximum absolute atomic E-state index is 13.3. The first-order chi connectivity index (χ1) is 15.3. The van der Waals surface area contributed by atoms with Gasteiger partial charge in [0.25, 0.3) is 5.91 Å².